The Morgan fingerprint density at radius 3 is 2.70 bits per heavy atom. The maximum Gasteiger partial charge on any atom is 0.231 e. The van der Waals surface area contributed by atoms with Gasteiger partial charge in [-0.3, -0.25) is 9.29 Å². The van der Waals surface area contributed by atoms with Gasteiger partial charge in [0.05, 0.1) is 24.2 Å². The predicted octanol–water partition coefficient (Wildman–Crippen LogP) is 1.96. The summed E-state index contributed by atoms with van der Waals surface area (Å²) in [6, 6.07) is 12.7. The van der Waals surface area contributed by atoms with Crippen LogP contribution in [0.15, 0.2) is 48.7 Å². The van der Waals surface area contributed by atoms with E-state index < -0.39 is 10.0 Å². The van der Waals surface area contributed by atoms with Crippen LogP contribution in [0.1, 0.15) is 5.69 Å². The van der Waals surface area contributed by atoms with E-state index in [9.17, 15) is 8.42 Å². The van der Waals surface area contributed by atoms with E-state index in [1.165, 1.54) is 11.4 Å². The van der Waals surface area contributed by atoms with Crippen LogP contribution in [0.4, 0.5) is 11.4 Å². The Labute approximate surface area is 141 Å². The van der Waals surface area contributed by atoms with Crippen LogP contribution in [0.5, 0.6) is 0 Å². The molecule has 0 amide bonds. The molecule has 2 N–H and O–H groups in total. The first-order chi connectivity index (χ1) is 10.9. The normalized spacial score (nSPS) is 10.9. The average molecular weight is 350 g/mol. The lowest BCUT2D eigenvalue weighted by Crippen LogP contribution is -2.28. The first kappa shape index (κ1) is 17.2. The van der Waals surface area contributed by atoms with Gasteiger partial charge in [0, 0.05) is 18.9 Å². The second-order valence-corrected chi connectivity index (χ2v) is 7.33. The Balaban J connectivity index is 1.99. The molecule has 1 aromatic carbocycles. The van der Waals surface area contributed by atoms with E-state index in [-0.39, 0.29) is 0 Å². The van der Waals surface area contributed by atoms with Crippen LogP contribution in [0.3, 0.4) is 0 Å². The summed E-state index contributed by atoms with van der Waals surface area (Å²) in [5.74, 6) is 0. The Kier molecular flexibility index (Phi) is 5.51. The zero-order chi connectivity index (χ0) is 16.9. The topological polar surface area (TPSA) is 74.3 Å². The molecule has 122 valence electrons. The molecule has 0 atom stereocenters. The minimum absolute atomic E-state index is 0.440. The van der Waals surface area contributed by atoms with Crippen molar-refractivity contribution in [3.63, 3.8) is 0 Å². The minimum atomic E-state index is -3.30. The number of nitrogens with one attached hydrogen (secondary N) is 2. The van der Waals surface area contributed by atoms with E-state index in [4.69, 9.17) is 12.2 Å². The van der Waals surface area contributed by atoms with Gasteiger partial charge in [0.25, 0.3) is 0 Å². The Morgan fingerprint density at radius 2 is 2.04 bits per heavy atom. The van der Waals surface area contributed by atoms with Crippen LogP contribution in [0.25, 0.3) is 0 Å². The lowest BCUT2D eigenvalue weighted by molar-refractivity contribution is 0.600. The fourth-order valence-electron chi connectivity index (χ4n) is 1.82. The van der Waals surface area contributed by atoms with Gasteiger partial charge in [-0.15, -0.1) is 0 Å². The van der Waals surface area contributed by atoms with Crippen LogP contribution in [0.2, 0.25) is 0 Å². The molecule has 2 aromatic rings. The lowest BCUT2D eigenvalue weighted by atomic mass is 10.3. The number of benzene rings is 1. The predicted molar refractivity (Wildman–Crippen MR) is 97.0 cm³/mol. The van der Waals surface area contributed by atoms with Gasteiger partial charge in [0.15, 0.2) is 5.11 Å². The molecule has 0 unspecified atom stereocenters. The highest BCUT2D eigenvalue weighted by atomic mass is 32.2. The van der Waals surface area contributed by atoms with Crippen molar-refractivity contribution in [3.05, 3.63) is 54.4 Å². The molecule has 6 nitrogen and oxygen atoms in total. The summed E-state index contributed by atoms with van der Waals surface area (Å²) < 4.78 is 24.4. The van der Waals surface area contributed by atoms with Gasteiger partial charge in [-0.05, 0) is 42.5 Å². The lowest BCUT2D eigenvalue weighted by Gasteiger charge is -2.18. The maximum atomic E-state index is 11.6. The van der Waals surface area contributed by atoms with E-state index in [2.05, 4.69) is 15.6 Å². The van der Waals surface area contributed by atoms with Crippen molar-refractivity contribution in [1.82, 2.24) is 10.3 Å². The molecule has 0 saturated heterocycles. The van der Waals surface area contributed by atoms with Crippen LogP contribution >= 0.6 is 12.2 Å². The molecule has 0 aliphatic rings. The summed E-state index contributed by atoms with van der Waals surface area (Å²) >= 11 is 5.24. The average Bonchev–Trinajstić information content (AvgIpc) is 2.52. The molecule has 0 spiro atoms. The zero-order valence-electron chi connectivity index (χ0n) is 12.9. The van der Waals surface area contributed by atoms with E-state index >= 15 is 0 Å². The molecule has 0 aliphatic heterocycles. The SMILES string of the molecule is CN(c1cccc(NC(=S)NCc2ccccn2)c1)S(C)(=O)=O. The van der Waals surface area contributed by atoms with Gasteiger partial charge in [-0.1, -0.05) is 12.1 Å². The zero-order valence-corrected chi connectivity index (χ0v) is 14.5. The smallest absolute Gasteiger partial charge is 0.231 e. The number of rotatable bonds is 5. The molecule has 2 rings (SSSR count). The highest BCUT2D eigenvalue weighted by Gasteiger charge is 2.12. The van der Waals surface area contributed by atoms with Crippen LogP contribution in [-0.4, -0.2) is 31.8 Å². The summed E-state index contributed by atoms with van der Waals surface area (Å²) in [4.78, 5) is 4.20. The second kappa shape index (κ2) is 7.38. The molecular weight excluding hydrogens is 332 g/mol. The fourth-order valence-corrected chi connectivity index (χ4v) is 2.51. The van der Waals surface area contributed by atoms with Crippen molar-refractivity contribution in [1.29, 1.82) is 0 Å². The van der Waals surface area contributed by atoms with Crippen LogP contribution < -0.4 is 14.9 Å². The van der Waals surface area contributed by atoms with E-state index in [1.54, 1.807) is 24.4 Å². The summed E-state index contributed by atoms with van der Waals surface area (Å²) in [6.07, 6.45) is 2.88. The molecule has 0 saturated carbocycles. The Bertz CT molecular complexity index is 779. The molecule has 0 fully saturated rings. The van der Waals surface area contributed by atoms with Crippen molar-refractivity contribution in [2.75, 3.05) is 22.9 Å². The first-order valence-corrected chi connectivity index (χ1v) is 9.10. The third kappa shape index (κ3) is 5.19. The summed E-state index contributed by atoms with van der Waals surface area (Å²) in [5.41, 5.74) is 2.14. The largest absolute Gasteiger partial charge is 0.357 e. The Hall–Kier alpha value is -2.19. The third-order valence-electron chi connectivity index (χ3n) is 3.12. The van der Waals surface area contributed by atoms with Crippen LogP contribution in [-0.2, 0) is 16.6 Å². The number of aromatic nitrogens is 1. The van der Waals surface area contributed by atoms with E-state index in [0.29, 0.717) is 23.0 Å². The maximum absolute atomic E-state index is 11.6. The van der Waals surface area contributed by atoms with Crippen LogP contribution in [0, 0.1) is 0 Å². The number of hydrogen-bond donors (Lipinski definition) is 2. The van der Waals surface area contributed by atoms with Crippen molar-refractivity contribution in [2.45, 2.75) is 6.54 Å². The first-order valence-electron chi connectivity index (χ1n) is 6.85. The molecule has 1 heterocycles. The van der Waals surface area contributed by atoms with Gasteiger partial charge in [-0.25, -0.2) is 8.42 Å². The number of pyridine rings is 1. The molecule has 0 radical (unpaired) electrons. The van der Waals surface area contributed by atoms with Crippen molar-refractivity contribution in [3.8, 4) is 0 Å². The molecule has 0 aliphatic carbocycles. The van der Waals surface area contributed by atoms with Gasteiger partial charge in [0.1, 0.15) is 0 Å². The van der Waals surface area contributed by atoms with Crippen molar-refractivity contribution >= 4 is 38.7 Å². The molecule has 8 heteroatoms. The number of hydrogen-bond acceptors (Lipinski definition) is 4. The molecular formula is C15H18N4O2S2. The monoisotopic (exact) mass is 350 g/mol. The van der Waals surface area contributed by atoms with E-state index in [0.717, 1.165) is 11.9 Å². The number of nitrogens with zero attached hydrogens (tertiary/aromatic N) is 2. The van der Waals surface area contributed by atoms with Crippen molar-refractivity contribution in [2.24, 2.45) is 0 Å². The number of thiocarbonyl (C=S) groups is 1. The fraction of sp³-hybridized carbons (Fsp3) is 0.200. The van der Waals surface area contributed by atoms with Gasteiger partial charge in [0.2, 0.25) is 10.0 Å². The highest BCUT2D eigenvalue weighted by Crippen LogP contribution is 2.20. The summed E-state index contributed by atoms with van der Waals surface area (Å²) in [5, 5.41) is 6.52. The second-order valence-electron chi connectivity index (χ2n) is 4.91. The van der Waals surface area contributed by atoms with Gasteiger partial charge >= 0.3 is 0 Å². The minimum Gasteiger partial charge on any atom is -0.357 e. The number of sulfonamides is 1. The molecule has 1 aromatic heterocycles. The Morgan fingerprint density at radius 1 is 1.26 bits per heavy atom. The molecule has 0 bridgehead atoms. The quantitative estimate of drug-likeness (QED) is 0.803. The van der Waals surface area contributed by atoms with Gasteiger partial charge in [-0.2, -0.15) is 0 Å². The van der Waals surface area contributed by atoms with Gasteiger partial charge < -0.3 is 10.6 Å². The number of anilines is 2. The molecule has 23 heavy (non-hydrogen) atoms. The standard InChI is InChI=1S/C15H18N4O2S2/c1-19(23(2,20)21)14-8-5-7-12(10-14)18-15(22)17-11-13-6-3-4-9-16-13/h3-10H,11H2,1-2H3,(H2,17,18,22). The highest BCUT2D eigenvalue weighted by molar-refractivity contribution is 7.92. The van der Waals surface area contributed by atoms with E-state index in [1.807, 2.05) is 24.3 Å². The summed E-state index contributed by atoms with van der Waals surface area (Å²) in [6.45, 7) is 0.510. The third-order valence-corrected chi connectivity index (χ3v) is 4.57. The summed E-state index contributed by atoms with van der Waals surface area (Å²) in [7, 11) is -1.79. The van der Waals surface area contributed by atoms with Crippen molar-refractivity contribution < 1.29 is 8.42 Å².